The second kappa shape index (κ2) is 8.81. The minimum atomic E-state index is 0.659. The minimum absolute atomic E-state index is 0.659. The van der Waals surface area contributed by atoms with Crippen LogP contribution in [0.4, 0.5) is 0 Å². The van der Waals surface area contributed by atoms with Crippen molar-refractivity contribution in [1.29, 1.82) is 0 Å². The van der Waals surface area contributed by atoms with Crippen LogP contribution in [0.2, 0.25) is 0 Å². The van der Waals surface area contributed by atoms with Gasteiger partial charge < -0.3 is 21.3 Å². The molecule has 16 atom stereocenters. The summed E-state index contributed by atoms with van der Waals surface area (Å²) in [7, 11) is 0. The van der Waals surface area contributed by atoms with Gasteiger partial charge in [0.25, 0.3) is 0 Å². The number of hydrogen-bond donors (Lipinski definition) is 4. The normalized spacial score (nSPS) is 60.8. The molecule has 5 fully saturated rings. The fraction of sp³-hybridized carbons (Fsp3) is 1.00. The highest BCUT2D eigenvalue weighted by Gasteiger charge is 2.48. The molecule has 0 aliphatic carbocycles. The summed E-state index contributed by atoms with van der Waals surface area (Å²) >= 11 is 0. The highest BCUT2D eigenvalue weighted by Crippen LogP contribution is 2.42. The van der Waals surface area contributed by atoms with Crippen LogP contribution >= 0.6 is 0 Å². The van der Waals surface area contributed by atoms with Gasteiger partial charge in [0.2, 0.25) is 0 Å². The van der Waals surface area contributed by atoms with E-state index < -0.39 is 0 Å². The van der Waals surface area contributed by atoms with E-state index in [2.05, 4.69) is 76.7 Å². The summed E-state index contributed by atoms with van der Waals surface area (Å²) in [4.78, 5) is 0. The first-order chi connectivity index (χ1) is 15.2. The summed E-state index contributed by atoms with van der Waals surface area (Å²) in [6, 6.07) is 5.27. The Morgan fingerprint density at radius 1 is 0.281 bits per heavy atom. The molecule has 5 heterocycles. The molecule has 4 nitrogen and oxygen atoms in total. The molecule has 0 aromatic carbocycles. The first-order valence-electron chi connectivity index (χ1n) is 14.2. The lowest BCUT2D eigenvalue weighted by atomic mass is 9.80. The maximum absolute atomic E-state index is 4.16. The van der Waals surface area contributed by atoms with E-state index in [1.165, 1.54) is 25.7 Å². The van der Waals surface area contributed by atoms with Crippen LogP contribution in [0, 0.1) is 47.3 Å². The zero-order valence-corrected chi connectivity index (χ0v) is 22.1. The predicted molar refractivity (Wildman–Crippen MR) is 135 cm³/mol. The summed E-state index contributed by atoms with van der Waals surface area (Å²) in [6.45, 7) is 20.1. The van der Waals surface area contributed by atoms with Crippen molar-refractivity contribution in [1.82, 2.24) is 21.3 Å². The first kappa shape index (κ1) is 23.6. The molecule has 5 rings (SSSR count). The number of fused-ring (bicyclic) bond motifs is 8. The van der Waals surface area contributed by atoms with E-state index in [0.717, 1.165) is 47.3 Å². The lowest BCUT2D eigenvalue weighted by Crippen LogP contribution is -2.45. The Morgan fingerprint density at radius 2 is 0.406 bits per heavy atom. The van der Waals surface area contributed by atoms with Gasteiger partial charge in [-0.15, -0.1) is 0 Å². The van der Waals surface area contributed by atoms with Gasteiger partial charge in [-0.05, 0) is 73.0 Å². The van der Waals surface area contributed by atoms with Crippen LogP contribution < -0.4 is 21.3 Å². The van der Waals surface area contributed by atoms with Gasteiger partial charge in [0.1, 0.15) is 0 Å². The van der Waals surface area contributed by atoms with Crippen molar-refractivity contribution < 1.29 is 0 Å². The highest BCUT2D eigenvalue weighted by molar-refractivity contribution is 5.07. The van der Waals surface area contributed by atoms with Gasteiger partial charge in [-0.1, -0.05) is 55.4 Å². The monoisotopic (exact) mass is 444 g/mol. The zero-order valence-electron chi connectivity index (χ0n) is 22.1. The van der Waals surface area contributed by atoms with Gasteiger partial charge in [-0.25, -0.2) is 0 Å². The molecule has 184 valence electrons. The Hall–Kier alpha value is -0.160. The lowest BCUT2D eigenvalue weighted by Gasteiger charge is -2.26. The quantitative estimate of drug-likeness (QED) is 0.456. The summed E-state index contributed by atoms with van der Waals surface area (Å²) < 4.78 is 0. The van der Waals surface area contributed by atoms with E-state index in [1.807, 2.05) is 0 Å². The Kier molecular flexibility index (Phi) is 6.49. The molecule has 5 saturated heterocycles. The van der Waals surface area contributed by atoms with Crippen LogP contribution in [-0.2, 0) is 0 Å². The second-order valence-electron chi connectivity index (χ2n) is 13.3. The maximum atomic E-state index is 4.16. The molecular weight excluding hydrogens is 392 g/mol. The predicted octanol–water partition coefficient (Wildman–Crippen LogP) is 4.01. The number of hydrogen-bond acceptors (Lipinski definition) is 4. The molecule has 0 amide bonds. The molecule has 16 unspecified atom stereocenters. The summed E-state index contributed by atoms with van der Waals surface area (Å²) in [5.41, 5.74) is 0. The molecule has 4 heteroatoms. The molecule has 0 radical (unpaired) electrons. The fourth-order valence-electron chi connectivity index (χ4n) is 8.60. The van der Waals surface area contributed by atoms with Crippen molar-refractivity contribution >= 4 is 0 Å². The molecule has 5 aliphatic heterocycles. The Balaban J connectivity index is 1.41. The van der Waals surface area contributed by atoms with Gasteiger partial charge in [0.15, 0.2) is 0 Å². The van der Waals surface area contributed by atoms with Gasteiger partial charge in [-0.2, -0.15) is 0 Å². The van der Waals surface area contributed by atoms with E-state index in [1.54, 1.807) is 0 Å². The maximum Gasteiger partial charge on any atom is 0.0113 e. The van der Waals surface area contributed by atoms with Gasteiger partial charge in [-0.3, -0.25) is 0 Å². The third kappa shape index (κ3) is 3.89. The van der Waals surface area contributed by atoms with Crippen LogP contribution in [0.25, 0.3) is 0 Å². The summed E-state index contributed by atoms with van der Waals surface area (Å²) in [5.74, 6) is 6.13. The van der Waals surface area contributed by atoms with Crippen molar-refractivity contribution in [2.24, 2.45) is 47.3 Å². The van der Waals surface area contributed by atoms with Crippen LogP contribution in [0.15, 0.2) is 0 Å². The average molecular weight is 445 g/mol. The fourth-order valence-corrected chi connectivity index (χ4v) is 8.60. The van der Waals surface area contributed by atoms with Crippen molar-refractivity contribution in [3.8, 4) is 0 Å². The molecule has 0 spiro atoms. The van der Waals surface area contributed by atoms with E-state index >= 15 is 0 Å². The van der Waals surface area contributed by atoms with Gasteiger partial charge in [0.05, 0.1) is 0 Å². The van der Waals surface area contributed by atoms with Crippen molar-refractivity contribution in [3.63, 3.8) is 0 Å². The first-order valence-corrected chi connectivity index (χ1v) is 14.2. The molecule has 0 aromatic rings. The standard InChI is InChI=1S/C28H52N4/c1-13-14(2)22-10-24-17(5)18(6)26(31-24)12-28-20(8)19(7)27(32-28)11-25-16(4)15(3)23(30-25)9-21(13)29-22/h13-32H,9-12H2,1-8H3. The van der Waals surface area contributed by atoms with E-state index in [4.69, 9.17) is 0 Å². The Labute approximate surface area is 198 Å². The average Bonchev–Trinajstić information content (AvgIpc) is 3.37. The summed E-state index contributed by atoms with van der Waals surface area (Å²) in [6.07, 6.45) is 5.18. The second-order valence-corrected chi connectivity index (χ2v) is 13.3. The Morgan fingerprint density at radius 3 is 0.531 bits per heavy atom. The molecular formula is C28H52N4. The van der Waals surface area contributed by atoms with Crippen molar-refractivity contribution in [2.45, 2.75) is 129 Å². The minimum Gasteiger partial charge on any atom is -0.311 e. The molecule has 8 bridgehead atoms. The molecule has 0 aromatic heterocycles. The van der Waals surface area contributed by atoms with Crippen LogP contribution in [0.5, 0.6) is 0 Å². The third-order valence-electron chi connectivity index (χ3n) is 12.1. The topological polar surface area (TPSA) is 48.1 Å². The molecule has 4 N–H and O–H groups in total. The zero-order chi connectivity index (χ0) is 22.9. The van der Waals surface area contributed by atoms with Crippen LogP contribution in [-0.4, -0.2) is 48.3 Å². The lowest BCUT2D eigenvalue weighted by molar-refractivity contribution is 0.314. The van der Waals surface area contributed by atoms with Gasteiger partial charge in [0, 0.05) is 48.3 Å². The van der Waals surface area contributed by atoms with Crippen LogP contribution in [0.1, 0.15) is 81.1 Å². The van der Waals surface area contributed by atoms with Crippen molar-refractivity contribution in [3.05, 3.63) is 0 Å². The smallest absolute Gasteiger partial charge is 0.0113 e. The van der Waals surface area contributed by atoms with E-state index in [-0.39, 0.29) is 0 Å². The third-order valence-corrected chi connectivity index (χ3v) is 12.1. The highest BCUT2D eigenvalue weighted by atomic mass is 15.1. The number of nitrogens with one attached hydrogen (secondary N) is 4. The summed E-state index contributed by atoms with van der Waals surface area (Å²) in [5, 5.41) is 16.6. The number of rotatable bonds is 0. The van der Waals surface area contributed by atoms with E-state index in [0.29, 0.717) is 48.3 Å². The Bertz CT molecular complexity index is 508. The molecule has 0 saturated carbocycles. The van der Waals surface area contributed by atoms with Crippen LogP contribution in [0.3, 0.4) is 0 Å². The SMILES string of the molecule is CC1C2CC3NC(CC4NC(CC5NC(CC(N2)C1C)C(C)C5C)C(C)C4C)C(C)C3C. The largest absolute Gasteiger partial charge is 0.311 e. The van der Waals surface area contributed by atoms with Gasteiger partial charge >= 0.3 is 0 Å². The van der Waals surface area contributed by atoms with E-state index in [9.17, 15) is 0 Å². The molecule has 32 heavy (non-hydrogen) atoms. The molecule has 5 aliphatic rings. The van der Waals surface area contributed by atoms with Crippen molar-refractivity contribution in [2.75, 3.05) is 0 Å².